The van der Waals surface area contributed by atoms with Gasteiger partial charge >= 0.3 is 0 Å². The van der Waals surface area contributed by atoms with E-state index in [0.29, 0.717) is 47.8 Å². The third-order valence-electron chi connectivity index (χ3n) is 15.9. The highest BCUT2D eigenvalue weighted by atomic mass is 79.9. The molecule has 6 N–H and O–H groups in total. The van der Waals surface area contributed by atoms with Crippen LogP contribution in [-0.2, 0) is 76.9 Å². The normalized spacial score (nSPS) is 23.7. The van der Waals surface area contributed by atoms with E-state index < -0.39 is 89.7 Å². The number of fused-ring (bicyclic) bond motifs is 2. The first-order valence-corrected chi connectivity index (χ1v) is 29.5. The van der Waals surface area contributed by atoms with Gasteiger partial charge in [0.15, 0.2) is 0 Å². The van der Waals surface area contributed by atoms with Gasteiger partial charge in [-0.2, -0.15) is 0 Å². The largest absolute Gasteiger partial charge is 0.342 e. The smallest absolute Gasteiger partial charge is 0.246 e. The SMILES string of the molecule is O=C1N[C@H](Cc2ccc(Br)cc2)C(=O)N[C@@H](Cc2ccccc2-c2ccc(C[C@H]3NC(=O)[C@H](Cc4ccccc4)NC(=O)[C@H]4CCCN4C(=O)[C@H](Cc4ccccc4)NC3=O)c(Br)c2)C(=O)N2CCC[C@@H]2C(=O)N[C@H]1Cc1ccccc1. The predicted molar refractivity (Wildman–Crippen MR) is 316 cm³/mol. The van der Waals surface area contributed by atoms with Crippen LogP contribution in [0.1, 0.15) is 59.1 Å². The summed E-state index contributed by atoms with van der Waals surface area (Å²) >= 11 is 7.27. The fourth-order valence-electron chi connectivity index (χ4n) is 11.6. The molecule has 0 aliphatic carbocycles. The van der Waals surface area contributed by atoms with E-state index in [9.17, 15) is 33.6 Å². The summed E-state index contributed by atoms with van der Waals surface area (Å²) in [7, 11) is 0. The highest BCUT2D eigenvalue weighted by Gasteiger charge is 2.43. The second kappa shape index (κ2) is 26.3. The molecule has 422 valence electrons. The molecule has 0 radical (unpaired) electrons. The maximum Gasteiger partial charge on any atom is 0.246 e. The van der Waals surface area contributed by atoms with Gasteiger partial charge < -0.3 is 41.7 Å². The number of nitrogens with zero attached hydrogens (tertiary/aromatic N) is 2. The standard InChI is InChI=1S/C64H64Br2N8O8/c65-46-28-24-42(25-29-46)34-49-59(77)72-54(64(82)74-31-13-23-56(74)62(80)69-50(57(75)67-49)32-39-14-4-1-5-15-39)37-43-20-10-11-21-47(43)44-26-27-45(48(66)36-44)38-52-60(78)71-53(35-41-18-8-3-9-19-41)63(81)73-30-12-22-55(73)61(79)70-51(58(76)68-52)33-40-16-6-2-7-17-40/h1-11,14-21,24-29,36,49-56H,12-13,22-23,30-35,37-38H2,(H,67,75)(H,68,76)(H,69,80)(H,70,79)(H,71,78)(H,72,77)/t49-,50+,51+,52-,53+,54+,55-,56-/m1/s1. The summed E-state index contributed by atoms with van der Waals surface area (Å²) in [5.74, 6) is -3.91. The molecule has 4 fully saturated rings. The van der Waals surface area contributed by atoms with Crippen LogP contribution in [0.2, 0.25) is 0 Å². The first kappa shape index (κ1) is 57.3. The third-order valence-corrected chi connectivity index (χ3v) is 17.1. The van der Waals surface area contributed by atoms with Gasteiger partial charge in [0, 0.05) is 60.6 Å². The fraction of sp³-hybridized carbons (Fsp3) is 0.312. The lowest BCUT2D eigenvalue weighted by atomic mass is 9.92. The van der Waals surface area contributed by atoms with E-state index in [0.717, 1.165) is 37.9 Å². The van der Waals surface area contributed by atoms with E-state index in [1.807, 2.05) is 158 Å². The molecular formula is C64H64Br2N8O8. The Morgan fingerprint density at radius 2 is 0.732 bits per heavy atom. The summed E-state index contributed by atoms with van der Waals surface area (Å²) in [6.45, 7) is 0.605. The molecule has 0 unspecified atom stereocenters. The number of amides is 8. The summed E-state index contributed by atoms with van der Waals surface area (Å²) < 4.78 is 1.43. The summed E-state index contributed by atoms with van der Waals surface area (Å²) in [4.78, 5) is 119. The van der Waals surface area contributed by atoms with Gasteiger partial charge in [0.25, 0.3) is 0 Å². The summed E-state index contributed by atoms with van der Waals surface area (Å²) in [5.41, 5.74) is 6.00. The van der Waals surface area contributed by atoms with Crippen molar-refractivity contribution in [2.75, 3.05) is 13.1 Å². The van der Waals surface area contributed by atoms with Crippen LogP contribution in [0, 0.1) is 0 Å². The lowest BCUT2D eigenvalue weighted by Gasteiger charge is -2.33. The first-order valence-electron chi connectivity index (χ1n) is 27.9. The first-order chi connectivity index (χ1) is 39.7. The van der Waals surface area contributed by atoms with Crippen molar-refractivity contribution in [2.24, 2.45) is 0 Å². The molecule has 0 aromatic heterocycles. The lowest BCUT2D eigenvalue weighted by molar-refractivity contribution is -0.143. The number of benzene rings is 6. The van der Waals surface area contributed by atoms with Crippen molar-refractivity contribution in [1.82, 2.24) is 41.7 Å². The van der Waals surface area contributed by atoms with Crippen LogP contribution in [0.15, 0.2) is 167 Å². The zero-order valence-electron chi connectivity index (χ0n) is 45.0. The minimum atomic E-state index is -1.20. The Labute approximate surface area is 493 Å². The second-order valence-corrected chi connectivity index (χ2v) is 23.3. The van der Waals surface area contributed by atoms with Crippen molar-refractivity contribution in [3.05, 3.63) is 200 Å². The van der Waals surface area contributed by atoms with Crippen molar-refractivity contribution in [2.45, 2.75) is 113 Å². The molecule has 0 saturated carbocycles. The molecule has 16 nitrogen and oxygen atoms in total. The van der Waals surface area contributed by atoms with Crippen molar-refractivity contribution in [1.29, 1.82) is 0 Å². The molecule has 4 saturated heterocycles. The van der Waals surface area contributed by atoms with Gasteiger partial charge in [-0.25, -0.2) is 0 Å². The number of nitrogens with one attached hydrogen (secondary N) is 6. The number of carbonyl (C=O) groups is 8. The average Bonchev–Trinajstić information content (AvgIpc) is 4.37. The number of carbonyl (C=O) groups excluding carboxylic acids is 8. The summed E-state index contributed by atoms with van der Waals surface area (Å²) in [5, 5.41) is 17.9. The molecule has 8 amide bonds. The number of hydrogen-bond acceptors (Lipinski definition) is 8. The van der Waals surface area contributed by atoms with Crippen molar-refractivity contribution in [3.63, 3.8) is 0 Å². The Bertz CT molecular complexity index is 3340. The van der Waals surface area contributed by atoms with Gasteiger partial charge in [-0.1, -0.05) is 171 Å². The van der Waals surface area contributed by atoms with E-state index in [2.05, 4.69) is 63.8 Å². The lowest BCUT2D eigenvalue weighted by Crippen LogP contribution is -2.62. The Kier molecular flexibility index (Phi) is 18.4. The Hall–Kier alpha value is -7.96. The van der Waals surface area contributed by atoms with E-state index >= 15 is 4.79 Å². The minimum Gasteiger partial charge on any atom is -0.342 e. The minimum absolute atomic E-state index is 0.0111. The molecule has 18 heteroatoms. The maximum atomic E-state index is 15.0. The number of hydrogen-bond donors (Lipinski definition) is 6. The van der Waals surface area contributed by atoms with E-state index in [1.54, 1.807) is 0 Å². The zero-order chi connectivity index (χ0) is 57.3. The van der Waals surface area contributed by atoms with Crippen LogP contribution in [0.3, 0.4) is 0 Å². The van der Waals surface area contributed by atoms with E-state index in [1.165, 1.54) is 9.80 Å². The van der Waals surface area contributed by atoms with Gasteiger partial charge in [0.2, 0.25) is 47.3 Å². The molecule has 6 aromatic rings. The monoisotopic (exact) mass is 1230 g/mol. The molecule has 0 spiro atoms. The van der Waals surface area contributed by atoms with E-state index in [-0.39, 0.29) is 51.0 Å². The summed E-state index contributed by atoms with van der Waals surface area (Å²) in [6, 6.07) is 40.1. The van der Waals surface area contributed by atoms with Crippen molar-refractivity contribution < 1.29 is 38.4 Å². The van der Waals surface area contributed by atoms with Crippen LogP contribution < -0.4 is 31.9 Å². The average molecular weight is 1230 g/mol. The van der Waals surface area contributed by atoms with Crippen LogP contribution in [0.25, 0.3) is 11.1 Å². The molecule has 6 aromatic carbocycles. The number of rotatable bonds is 13. The molecule has 4 heterocycles. The highest BCUT2D eigenvalue weighted by molar-refractivity contribution is 9.10. The fourth-order valence-corrected chi connectivity index (χ4v) is 12.4. The van der Waals surface area contributed by atoms with Crippen LogP contribution in [0.5, 0.6) is 0 Å². The van der Waals surface area contributed by atoms with Crippen molar-refractivity contribution >= 4 is 79.1 Å². The zero-order valence-corrected chi connectivity index (χ0v) is 48.2. The van der Waals surface area contributed by atoms with Gasteiger partial charge in [0.05, 0.1) is 0 Å². The predicted octanol–water partition coefficient (Wildman–Crippen LogP) is 5.85. The van der Waals surface area contributed by atoms with Crippen LogP contribution in [-0.4, -0.2) is 118 Å². The van der Waals surface area contributed by atoms with Gasteiger partial charge in [-0.05, 0) is 88.4 Å². The van der Waals surface area contributed by atoms with Crippen LogP contribution in [0.4, 0.5) is 0 Å². The Morgan fingerprint density at radius 3 is 1.20 bits per heavy atom. The van der Waals surface area contributed by atoms with Crippen molar-refractivity contribution in [3.8, 4) is 11.1 Å². The maximum absolute atomic E-state index is 15.0. The van der Waals surface area contributed by atoms with Gasteiger partial charge in [-0.3, -0.25) is 38.4 Å². The van der Waals surface area contributed by atoms with E-state index in [4.69, 9.17) is 0 Å². The molecule has 4 aliphatic rings. The molecular weight excluding hydrogens is 1170 g/mol. The molecule has 8 atom stereocenters. The topological polar surface area (TPSA) is 215 Å². The number of halogens is 2. The highest BCUT2D eigenvalue weighted by Crippen LogP contribution is 2.32. The third kappa shape index (κ3) is 13.8. The van der Waals surface area contributed by atoms with Gasteiger partial charge in [-0.15, -0.1) is 0 Å². The quantitative estimate of drug-likeness (QED) is 0.0823. The molecule has 10 rings (SSSR count). The van der Waals surface area contributed by atoms with Gasteiger partial charge in [0.1, 0.15) is 48.3 Å². The summed E-state index contributed by atoms with van der Waals surface area (Å²) in [6.07, 6.45) is 2.52. The Balaban J connectivity index is 0.938. The molecule has 82 heavy (non-hydrogen) atoms. The second-order valence-electron chi connectivity index (χ2n) is 21.5. The molecule has 0 bridgehead atoms. The molecule has 4 aliphatic heterocycles. The van der Waals surface area contributed by atoms with Crippen LogP contribution >= 0.6 is 31.9 Å². The Morgan fingerprint density at radius 1 is 0.366 bits per heavy atom.